The maximum atomic E-state index is 12.3. The van der Waals surface area contributed by atoms with Gasteiger partial charge in [0.1, 0.15) is 18.5 Å². The van der Waals surface area contributed by atoms with Crippen molar-refractivity contribution in [3.05, 3.63) is 60.8 Å². The topological polar surface area (TPSA) is 52.6 Å². The first-order chi connectivity index (χ1) is 23.4. The normalized spacial score (nSPS) is 15.9. The molecular formula is C39H65ClO4. The maximum Gasteiger partial charge on any atom is 0.305 e. The Bertz CT molecular complexity index is 1010. The molecule has 0 heterocycles. The summed E-state index contributed by atoms with van der Waals surface area (Å²) in [7, 11) is 0. The van der Waals surface area contributed by atoms with Crippen LogP contribution in [0.15, 0.2) is 60.8 Å². The molecule has 0 radical (unpaired) electrons. The standard InChI is InChI=1S/C39H65ClO4/c1-3-5-7-9-11-13-15-17-19-21-23-25-27-29-31-33-38(41)43-35-37(40)36-44-39(42)34-32-30-28-26-24-22-20-18-16-14-12-10-8-6-4-2/h5,7,11-14,17-20,37H,3-4,6,8-10,15-16,21-36H2,1-2H3/b7-5-,13-11-,14-12-,19-17-,20-18-/t37-/m1/s1/i35D2,36D2,37D. The van der Waals surface area contributed by atoms with Crippen LogP contribution in [0.3, 0.4) is 0 Å². The van der Waals surface area contributed by atoms with Gasteiger partial charge in [0, 0.05) is 12.8 Å². The van der Waals surface area contributed by atoms with Crippen LogP contribution in [0.2, 0.25) is 0 Å². The lowest BCUT2D eigenvalue weighted by atomic mass is 10.1. The second-order valence-electron chi connectivity index (χ2n) is 11.0. The van der Waals surface area contributed by atoms with Gasteiger partial charge >= 0.3 is 11.9 Å². The van der Waals surface area contributed by atoms with Gasteiger partial charge in [0.05, 0.1) is 6.85 Å². The third kappa shape index (κ3) is 34.4. The Morgan fingerprint density at radius 1 is 0.568 bits per heavy atom. The fourth-order valence-corrected chi connectivity index (χ4v) is 4.37. The van der Waals surface area contributed by atoms with Crippen LogP contribution >= 0.6 is 11.6 Å². The molecule has 0 aliphatic rings. The number of carbonyl (C=O) groups is 2. The molecular weight excluding hydrogens is 568 g/mol. The zero-order valence-electron chi connectivity index (χ0n) is 32.8. The summed E-state index contributed by atoms with van der Waals surface area (Å²) in [5.41, 5.74) is 0. The van der Waals surface area contributed by atoms with E-state index in [-0.39, 0.29) is 12.8 Å². The zero-order chi connectivity index (χ0) is 36.7. The molecule has 5 heteroatoms. The monoisotopic (exact) mass is 637 g/mol. The molecule has 0 unspecified atom stereocenters. The number of hydrogen-bond acceptors (Lipinski definition) is 4. The summed E-state index contributed by atoms with van der Waals surface area (Å²) < 4.78 is 49.9. The highest BCUT2D eigenvalue weighted by Gasteiger charge is 2.12. The number of esters is 2. The summed E-state index contributed by atoms with van der Waals surface area (Å²) in [6, 6.07) is 0. The molecule has 0 fully saturated rings. The van der Waals surface area contributed by atoms with Gasteiger partial charge in [-0.3, -0.25) is 9.59 Å². The Hall–Kier alpha value is -2.07. The summed E-state index contributed by atoms with van der Waals surface area (Å²) in [5, 5.41) is -3.20. The van der Waals surface area contributed by atoms with E-state index in [2.05, 4.69) is 74.6 Å². The van der Waals surface area contributed by atoms with E-state index in [0.29, 0.717) is 12.8 Å². The van der Waals surface area contributed by atoms with Gasteiger partial charge in [0.2, 0.25) is 0 Å². The first kappa shape index (κ1) is 33.3. The molecule has 0 amide bonds. The molecule has 44 heavy (non-hydrogen) atoms. The Morgan fingerprint density at radius 2 is 0.932 bits per heavy atom. The molecule has 0 saturated carbocycles. The van der Waals surface area contributed by atoms with Gasteiger partial charge in [-0.25, -0.2) is 0 Å². The highest BCUT2D eigenvalue weighted by Crippen LogP contribution is 2.11. The third-order valence-corrected chi connectivity index (χ3v) is 7.03. The zero-order valence-corrected chi connectivity index (χ0v) is 28.6. The van der Waals surface area contributed by atoms with Crippen molar-refractivity contribution < 1.29 is 25.9 Å². The van der Waals surface area contributed by atoms with Gasteiger partial charge in [-0.15, -0.1) is 11.6 Å². The second kappa shape index (κ2) is 35.4. The molecule has 0 aromatic heterocycles. The van der Waals surface area contributed by atoms with Gasteiger partial charge < -0.3 is 9.47 Å². The van der Waals surface area contributed by atoms with Crippen LogP contribution in [0, 0.1) is 0 Å². The minimum Gasteiger partial charge on any atom is -0.464 e. The van der Waals surface area contributed by atoms with Crippen LogP contribution in [-0.4, -0.2) is 30.4 Å². The lowest BCUT2D eigenvalue weighted by Crippen LogP contribution is -2.21. The lowest BCUT2D eigenvalue weighted by Gasteiger charge is -2.11. The summed E-state index contributed by atoms with van der Waals surface area (Å²) >= 11 is 5.94. The van der Waals surface area contributed by atoms with E-state index in [1.807, 2.05) is 0 Å². The van der Waals surface area contributed by atoms with E-state index in [4.69, 9.17) is 27.9 Å². The van der Waals surface area contributed by atoms with Crippen molar-refractivity contribution in [3.63, 3.8) is 0 Å². The van der Waals surface area contributed by atoms with E-state index in [0.717, 1.165) is 96.3 Å². The largest absolute Gasteiger partial charge is 0.464 e. The van der Waals surface area contributed by atoms with Gasteiger partial charge in [0.15, 0.2) is 0 Å². The van der Waals surface area contributed by atoms with Crippen LogP contribution in [0.5, 0.6) is 0 Å². The smallest absolute Gasteiger partial charge is 0.305 e. The highest BCUT2D eigenvalue weighted by atomic mass is 35.5. The van der Waals surface area contributed by atoms with Gasteiger partial charge in [-0.1, -0.05) is 126 Å². The predicted molar refractivity (Wildman–Crippen MR) is 190 cm³/mol. The van der Waals surface area contributed by atoms with E-state index < -0.39 is 30.4 Å². The summed E-state index contributed by atoms with van der Waals surface area (Å²) in [5.74, 6) is -1.84. The molecule has 0 spiro atoms. The van der Waals surface area contributed by atoms with Crippen molar-refractivity contribution >= 4 is 23.5 Å². The van der Waals surface area contributed by atoms with Gasteiger partial charge in [-0.05, 0) is 77.0 Å². The second-order valence-corrected chi connectivity index (χ2v) is 11.4. The first-order valence-corrected chi connectivity index (χ1v) is 17.7. The maximum absolute atomic E-state index is 12.3. The van der Waals surface area contributed by atoms with Gasteiger partial charge in [-0.2, -0.15) is 0 Å². The molecule has 0 rings (SSSR count). The van der Waals surface area contributed by atoms with Crippen LogP contribution in [0.25, 0.3) is 0 Å². The van der Waals surface area contributed by atoms with Crippen molar-refractivity contribution in [1.29, 1.82) is 0 Å². The van der Waals surface area contributed by atoms with E-state index in [9.17, 15) is 9.59 Å². The number of allylic oxidation sites excluding steroid dienone is 10. The van der Waals surface area contributed by atoms with Crippen molar-refractivity contribution in [3.8, 4) is 0 Å². The van der Waals surface area contributed by atoms with Crippen LogP contribution in [-0.2, 0) is 19.1 Å². The Morgan fingerprint density at radius 3 is 1.36 bits per heavy atom. The van der Waals surface area contributed by atoms with Crippen molar-refractivity contribution in [2.45, 2.75) is 160 Å². The molecule has 1 atom stereocenters. The molecule has 252 valence electrons. The lowest BCUT2D eigenvalue weighted by molar-refractivity contribution is -0.146. The Kier molecular flexibility index (Phi) is 26.8. The third-order valence-electron chi connectivity index (χ3n) is 6.87. The number of rotatable bonds is 31. The average molecular weight is 638 g/mol. The van der Waals surface area contributed by atoms with Crippen molar-refractivity contribution in [2.24, 2.45) is 0 Å². The molecule has 0 aliphatic heterocycles. The van der Waals surface area contributed by atoms with Crippen molar-refractivity contribution in [2.75, 3.05) is 13.1 Å². The number of alkyl halides is 1. The predicted octanol–water partition coefficient (Wildman–Crippen LogP) is 12.1. The Balaban J connectivity index is 4.18. The molecule has 0 bridgehead atoms. The molecule has 0 aromatic carbocycles. The Labute approximate surface area is 283 Å². The average Bonchev–Trinajstić information content (AvgIpc) is 3.04. The minimum atomic E-state index is -3.23. The summed E-state index contributed by atoms with van der Waals surface area (Å²) in [6.45, 7) is -2.14. The fourth-order valence-electron chi connectivity index (χ4n) is 4.30. The van der Waals surface area contributed by atoms with E-state index in [1.165, 1.54) is 19.3 Å². The SMILES string of the molecule is [2H]C([2H])(OC(=O)CCCCCCC/C=C\C/C=C\C/C=C\CC)[C@@]([2H])(Cl)C([2H])([2H])OC(=O)CCCCCCC/C=C\C/C=C\CCCCC. The highest BCUT2D eigenvalue weighted by molar-refractivity contribution is 6.21. The van der Waals surface area contributed by atoms with E-state index >= 15 is 0 Å². The number of halogens is 1. The summed E-state index contributed by atoms with van der Waals surface area (Å²) in [4.78, 5) is 24.6. The summed E-state index contributed by atoms with van der Waals surface area (Å²) in [6.07, 6.45) is 41.0. The number of unbranched alkanes of at least 4 members (excludes halogenated alkanes) is 13. The number of ether oxygens (including phenoxy) is 2. The quantitative estimate of drug-likeness (QED) is 0.0328. The van der Waals surface area contributed by atoms with Crippen molar-refractivity contribution in [1.82, 2.24) is 0 Å². The van der Waals surface area contributed by atoms with Crippen LogP contribution in [0.1, 0.15) is 162 Å². The number of hydrogen-bond donors (Lipinski definition) is 0. The molecule has 4 nitrogen and oxygen atoms in total. The fraction of sp³-hybridized carbons (Fsp3) is 0.692. The van der Waals surface area contributed by atoms with Crippen LogP contribution in [0.4, 0.5) is 0 Å². The molecule has 0 aliphatic carbocycles. The minimum absolute atomic E-state index is 0.0788. The first-order valence-electron chi connectivity index (χ1n) is 19.8. The van der Waals surface area contributed by atoms with E-state index in [1.54, 1.807) is 0 Å². The molecule has 0 aromatic rings. The van der Waals surface area contributed by atoms with Crippen LogP contribution < -0.4 is 0 Å². The molecule has 0 N–H and O–H groups in total. The molecule has 0 saturated heterocycles. The van der Waals surface area contributed by atoms with Gasteiger partial charge in [0.25, 0.3) is 0 Å². The number of carbonyl (C=O) groups excluding carboxylic acids is 2.